The molecule has 0 aliphatic carbocycles. The standard InChI is InChI=1S/C21H22N2O3/c1-14-4-7-17(12-15(14)2)23-20(24)10-11-21-22-13-19(26-21)16-5-8-18(25-3)9-6-16/h4-9,12-13H,10-11H2,1-3H3,(H,23,24). The largest absolute Gasteiger partial charge is 0.497 e. The highest BCUT2D eigenvalue weighted by Gasteiger charge is 2.10. The Morgan fingerprint density at radius 2 is 1.88 bits per heavy atom. The lowest BCUT2D eigenvalue weighted by Crippen LogP contribution is -2.12. The zero-order chi connectivity index (χ0) is 18.5. The molecule has 5 nitrogen and oxygen atoms in total. The molecule has 3 rings (SSSR count). The van der Waals surface area contributed by atoms with Gasteiger partial charge in [0.05, 0.1) is 13.3 Å². The van der Waals surface area contributed by atoms with Crippen LogP contribution in [0.5, 0.6) is 5.75 Å². The van der Waals surface area contributed by atoms with Crippen molar-refractivity contribution in [1.29, 1.82) is 0 Å². The molecule has 0 spiro atoms. The number of benzene rings is 2. The maximum Gasteiger partial charge on any atom is 0.224 e. The Hall–Kier alpha value is -3.08. The lowest BCUT2D eigenvalue weighted by atomic mass is 10.1. The van der Waals surface area contributed by atoms with E-state index in [2.05, 4.69) is 10.3 Å². The van der Waals surface area contributed by atoms with E-state index in [0.717, 1.165) is 22.6 Å². The van der Waals surface area contributed by atoms with E-state index in [1.54, 1.807) is 13.3 Å². The maximum atomic E-state index is 12.1. The Morgan fingerprint density at radius 1 is 1.12 bits per heavy atom. The van der Waals surface area contributed by atoms with E-state index in [1.165, 1.54) is 5.56 Å². The van der Waals surface area contributed by atoms with Crippen molar-refractivity contribution in [3.63, 3.8) is 0 Å². The van der Waals surface area contributed by atoms with Crippen LogP contribution in [0, 0.1) is 13.8 Å². The maximum absolute atomic E-state index is 12.1. The first-order valence-electron chi connectivity index (χ1n) is 8.51. The zero-order valence-electron chi connectivity index (χ0n) is 15.2. The van der Waals surface area contributed by atoms with Gasteiger partial charge in [0.25, 0.3) is 0 Å². The van der Waals surface area contributed by atoms with Gasteiger partial charge in [0.1, 0.15) is 5.75 Å². The van der Waals surface area contributed by atoms with Crippen LogP contribution >= 0.6 is 0 Å². The molecule has 0 radical (unpaired) electrons. The zero-order valence-corrected chi connectivity index (χ0v) is 15.2. The van der Waals surface area contributed by atoms with Crippen LogP contribution < -0.4 is 10.1 Å². The molecule has 3 aromatic rings. The number of ether oxygens (including phenoxy) is 1. The number of nitrogens with one attached hydrogen (secondary N) is 1. The highest BCUT2D eigenvalue weighted by Crippen LogP contribution is 2.23. The normalized spacial score (nSPS) is 10.6. The molecular weight excluding hydrogens is 328 g/mol. The molecule has 0 atom stereocenters. The van der Waals surface area contributed by atoms with Crippen molar-refractivity contribution in [1.82, 2.24) is 4.98 Å². The molecule has 0 aliphatic rings. The van der Waals surface area contributed by atoms with Gasteiger partial charge in [0, 0.05) is 24.1 Å². The van der Waals surface area contributed by atoms with Crippen molar-refractivity contribution in [3.05, 3.63) is 65.7 Å². The monoisotopic (exact) mass is 350 g/mol. The SMILES string of the molecule is COc1ccc(-c2cnc(CCC(=O)Nc3ccc(C)c(C)c3)o2)cc1. The van der Waals surface area contributed by atoms with Gasteiger partial charge in [-0.3, -0.25) is 4.79 Å². The highest BCUT2D eigenvalue weighted by atomic mass is 16.5. The average Bonchev–Trinajstić information content (AvgIpc) is 3.12. The summed E-state index contributed by atoms with van der Waals surface area (Å²) in [6.45, 7) is 4.07. The third kappa shape index (κ3) is 4.30. The Balaban J connectivity index is 1.56. The molecule has 1 aromatic heterocycles. The number of nitrogens with zero attached hydrogens (tertiary/aromatic N) is 1. The topological polar surface area (TPSA) is 64.4 Å². The van der Waals surface area contributed by atoms with Crippen molar-refractivity contribution in [3.8, 4) is 17.1 Å². The molecule has 0 saturated carbocycles. The number of anilines is 1. The number of carbonyl (C=O) groups is 1. The molecule has 1 amide bonds. The van der Waals surface area contributed by atoms with E-state index in [9.17, 15) is 4.79 Å². The fourth-order valence-corrected chi connectivity index (χ4v) is 2.58. The smallest absolute Gasteiger partial charge is 0.224 e. The second-order valence-corrected chi connectivity index (χ2v) is 6.19. The predicted molar refractivity (Wildman–Crippen MR) is 101 cm³/mol. The summed E-state index contributed by atoms with van der Waals surface area (Å²) in [5, 5.41) is 2.91. The first kappa shape index (κ1) is 17.7. The minimum Gasteiger partial charge on any atom is -0.497 e. The molecule has 0 aliphatic heterocycles. The van der Waals surface area contributed by atoms with Crippen molar-refractivity contribution in [2.45, 2.75) is 26.7 Å². The number of aromatic nitrogens is 1. The summed E-state index contributed by atoms with van der Waals surface area (Å²) in [4.78, 5) is 16.4. The van der Waals surface area contributed by atoms with Gasteiger partial charge in [0.2, 0.25) is 5.91 Å². The van der Waals surface area contributed by atoms with Gasteiger partial charge in [-0.05, 0) is 61.4 Å². The van der Waals surface area contributed by atoms with E-state index in [1.807, 2.05) is 56.3 Å². The molecular formula is C21H22N2O3. The summed E-state index contributed by atoms with van der Waals surface area (Å²) in [5.41, 5.74) is 4.09. The van der Waals surface area contributed by atoms with Crippen LogP contribution in [-0.2, 0) is 11.2 Å². The third-order valence-electron chi connectivity index (χ3n) is 4.28. The van der Waals surface area contributed by atoms with Crippen LogP contribution in [0.15, 0.2) is 53.1 Å². The number of methoxy groups -OCH3 is 1. The van der Waals surface area contributed by atoms with Crippen LogP contribution in [-0.4, -0.2) is 18.0 Å². The van der Waals surface area contributed by atoms with Gasteiger partial charge in [-0.15, -0.1) is 0 Å². The van der Waals surface area contributed by atoms with Gasteiger partial charge in [0.15, 0.2) is 11.7 Å². The summed E-state index contributed by atoms with van der Waals surface area (Å²) in [6.07, 6.45) is 2.45. The molecule has 1 heterocycles. The van der Waals surface area contributed by atoms with Gasteiger partial charge in [-0.2, -0.15) is 0 Å². The van der Waals surface area contributed by atoms with Crippen LogP contribution in [0.1, 0.15) is 23.4 Å². The summed E-state index contributed by atoms with van der Waals surface area (Å²) in [5.74, 6) is 1.96. The first-order chi connectivity index (χ1) is 12.5. The minimum absolute atomic E-state index is 0.0579. The molecule has 0 saturated heterocycles. The summed E-state index contributed by atoms with van der Waals surface area (Å²) < 4.78 is 10.9. The third-order valence-corrected chi connectivity index (χ3v) is 4.28. The van der Waals surface area contributed by atoms with E-state index in [-0.39, 0.29) is 5.91 Å². The van der Waals surface area contributed by atoms with E-state index in [0.29, 0.717) is 24.5 Å². The van der Waals surface area contributed by atoms with Gasteiger partial charge in [-0.25, -0.2) is 4.98 Å². The fourth-order valence-electron chi connectivity index (χ4n) is 2.58. The van der Waals surface area contributed by atoms with Crippen molar-refractivity contribution < 1.29 is 13.9 Å². The van der Waals surface area contributed by atoms with E-state index in [4.69, 9.17) is 9.15 Å². The summed E-state index contributed by atoms with van der Waals surface area (Å²) >= 11 is 0. The minimum atomic E-state index is -0.0579. The van der Waals surface area contributed by atoms with Crippen LogP contribution in [0.25, 0.3) is 11.3 Å². The Morgan fingerprint density at radius 3 is 2.58 bits per heavy atom. The molecule has 0 bridgehead atoms. The van der Waals surface area contributed by atoms with E-state index >= 15 is 0 Å². The molecule has 0 fully saturated rings. The molecule has 134 valence electrons. The summed E-state index contributed by atoms with van der Waals surface area (Å²) in [6, 6.07) is 13.4. The predicted octanol–water partition coefficient (Wildman–Crippen LogP) is 4.54. The number of amides is 1. The first-order valence-corrected chi connectivity index (χ1v) is 8.51. The molecule has 1 N–H and O–H groups in total. The van der Waals surface area contributed by atoms with Gasteiger partial charge >= 0.3 is 0 Å². The Bertz CT molecular complexity index is 898. The molecule has 2 aromatic carbocycles. The van der Waals surface area contributed by atoms with Gasteiger partial charge in [-0.1, -0.05) is 6.07 Å². The lowest BCUT2D eigenvalue weighted by Gasteiger charge is -2.07. The molecule has 0 unspecified atom stereocenters. The van der Waals surface area contributed by atoms with Crippen LogP contribution in [0.4, 0.5) is 5.69 Å². The number of rotatable bonds is 6. The van der Waals surface area contributed by atoms with Crippen molar-refractivity contribution in [2.24, 2.45) is 0 Å². The fraction of sp³-hybridized carbons (Fsp3) is 0.238. The van der Waals surface area contributed by atoms with Gasteiger partial charge < -0.3 is 14.5 Å². The molecule has 5 heteroatoms. The van der Waals surface area contributed by atoms with Crippen molar-refractivity contribution >= 4 is 11.6 Å². The number of hydrogen-bond donors (Lipinski definition) is 1. The Kier molecular flexibility index (Phi) is 5.37. The second kappa shape index (κ2) is 7.87. The van der Waals surface area contributed by atoms with Crippen molar-refractivity contribution in [2.75, 3.05) is 12.4 Å². The number of carbonyl (C=O) groups excluding carboxylic acids is 1. The van der Waals surface area contributed by atoms with Crippen LogP contribution in [0.2, 0.25) is 0 Å². The average molecular weight is 350 g/mol. The van der Waals surface area contributed by atoms with Crippen LogP contribution in [0.3, 0.4) is 0 Å². The number of oxazole rings is 1. The quantitative estimate of drug-likeness (QED) is 0.709. The lowest BCUT2D eigenvalue weighted by molar-refractivity contribution is -0.116. The molecule has 26 heavy (non-hydrogen) atoms. The number of aryl methyl sites for hydroxylation is 3. The Labute approximate surface area is 153 Å². The second-order valence-electron chi connectivity index (χ2n) is 6.19. The number of hydrogen-bond acceptors (Lipinski definition) is 4. The van der Waals surface area contributed by atoms with E-state index < -0.39 is 0 Å². The highest BCUT2D eigenvalue weighted by molar-refractivity contribution is 5.90. The summed E-state index contributed by atoms with van der Waals surface area (Å²) in [7, 11) is 1.63.